The molecule has 1 unspecified atom stereocenters. The van der Waals surface area contributed by atoms with Crippen LogP contribution in [-0.4, -0.2) is 39.6 Å². The first-order valence-electron chi connectivity index (χ1n) is 9.20. The number of hydrogen-bond acceptors (Lipinski definition) is 3. The molecule has 1 aliphatic rings. The minimum Gasteiger partial charge on any atom is -0.333 e. The van der Waals surface area contributed by atoms with E-state index in [1.165, 1.54) is 0 Å². The summed E-state index contributed by atoms with van der Waals surface area (Å²) < 4.78 is 1.72. The van der Waals surface area contributed by atoms with E-state index in [9.17, 15) is 9.59 Å². The minimum atomic E-state index is -0.174. The highest BCUT2D eigenvalue weighted by molar-refractivity contribution is 5.95. The van der Waals surface area contributed by atoms with Crippen LogP contribution in [-0.2, 0) is 29.5 Å². The van der Waals surface area contributed by atoms with E-state index in [2.05, 4.69) is 24.3 Å². The number of amides is 2. The average molecular weight is 354 g/mol. The largest absolute Gasteiger partial charge is 0.333 e. The van der Waals surface area contributed by atoms with Gasteiger partial charge in [0.05, 0.1) is 12.2 Å². The van der Waals surface area contributed by atoms with Gasteiger partial charge in [-0.05, 0) is 18.4 Å². The fraction of sp³-hybridized carbons (Fsp3) is 0.450. The molecule has 1 saturated heterocycles. The predicted octanol–water partition coefficient (Wildman–Crippen LogP) is 2.50. The van der Waals surface area contributed by atoms with Crippen molar-refractivity contribution in [2.24, 2.45) is 7.05 Å². The Bertz CT molecular complexity index is 798. The van der Waals surface area contributed by atoms with Crippen LogP contribution in [0.25, 0.3) is 0 Å². The Morgan fingerprint density at radius 2 is 1.96 bits per heavy atom. The zero-order chi connectivity index (χ0) is 18.7. The summed E-state index contributed by atoms with van der Waals surface area (Å²) in [6.45, 7) is 4.78. The summed E-state index contributed by atoms with van der Waals surface area (Å²) in [5.41, 5.74) is 3.22. The Morgan fingerprint density at radius 1 is 1.23 bits per heavy atom. The second-order valence-electron chi connectivity index (χ2n) is 6.74. The number of carbonyl (C=O) groups is 2. The quantitative estimate of drug-likeness (QED) is 0.867. The summed E-state index contributed by atoms with van der Waals surface area (Å²) >= 11 is 0. The van der Waals surface area contributed by atoms with E-state index in [4.69, 9.17) is 0 Å². The summed E-state index contributed by atoms with van der Waals surface area (Å²) in [6.07, 6.45) is 2.10. The second kappa shape index (κ2) is 7.72. The minimum absolute atomic E-state index is 0.0315. The van der Waals surface area contributed by atoms with Gasteiger partial charge in [-0.3, -0.25) is 14.3 Å². The molecule has 1 aromatic heterocycles. The molecule has 1 aromatic carbocycles. The molecular formula is C20H26N4O2. The second-order valence-corrected chi connectivity index (χ2v) is 6.74. The van der Waals surface area contributed by atoms with Gasteiger partial charge >= 0.3 is 0 Å². The normalized spacial score (nSPS) is 17.0. The standard InChI is InChI=1S/C20H26N4O2/c1-4-16-17(5-2)22-23(3)20(16)21-18(25)13-24-12-15(11-19(24)26)14-9-7-6-8-10-14/h6-10,15H,4-5,11-13H2,1-3H3,(H,21,25). The van der Waals surface area contributed by atoms with Crippen molar-refractivity contribution in [1.82, 2.24) is 14.7 Å². The number of likely N-dealkylation sites (tertiary alicyclic amines) is 1. The van der Waals surface area contributed by atoms with Gasteiger partial charge in [0.1, 0.15) is 5.82 Å². The lowest BCUT2D eigenvalue weighted by Gasteiger charge is -2.17. The molecule has 1 fully saturated rings. The van der Waals surface area contributed by atoms with E-state index < -0.39 is 0 Å². The Morgan fingerprint density at radius 3 is 2.62 bits per heavy atom. The first-order chi connectivity index (χ1) is 12.5. The molecule has 0 bridgehead atoms. The smallest absolute Gasteiger partial charge is 0.245 e. The summed E-state index contributed by atoms with van der Waals surface area (Å²) in [7, 11) is 1.83. The molecule has 0 spiro atoms. The van der Waals surface area contributed by atoms with Crippen LogP contribution >= 0.6 is 0 Å². The van der Waals surface area contributed by atoms with Gasteiger partial charge in [-0.1, -0.05) is 44.2 Å². The van der Waals surface area contributed by atoms with Gasteiger partial charge in [0.2, 0.25) is 11.8 Å². The number of aromatic nitrogens is 2. The van der Waals surface area contributed by atoms with Crippen molar-refractivity contribution in [3.63, 3.8) is 0 Å². The van der Waals surface area contributed by atoms with E-state index in [0.717, 1.165) is 35.5 Å². The van der Waals surface area contributed by atoms with E-state index >= 15 is 0 Å². The molecule has 1 atom stereocenters. The van der Waals surface area contributed by atoms with Crippen molar-refractivity contribution in [3.05, 3.63) is 47.2 Å². The lowest BCUT2D eigenvalue weighted by atomic mass is 9.99. The number of rotatable bonds is 6. The van der Waals surface area contributed by atoms with Crippen LogP contribution in [0.15, 0.2) is 30.3 Å². The fourth-order valence-corrected chi connectivity index (χ4v) is 3.65. The molecule has 0 aliphatic carbocycles. The third-order valence-electron chi connectivity index (χ3n) is 4.99. The monoisotopic (exact) mass is 354 g/mol. The maximum absolute atomic E-state index is 12.5. The SMILES string of the molecule is CCc1nn(C)c(NC(=O)CN2CC(c3ccccc3)CC2=O)c1CC. The van der Waals surface area contributed by atoms with Crippen LogP contribution in [0.4, 0.5) is 5.82 Å². The average Bonchev–Trinajstić information content (AvgIpc) is 3.15. The third kappa shape index (κ3) is 3.64. The van der Waals surface area contributed by atoms with E-state index in [1.54, 1.807) is 9.58 Å². The first kappa shape index (κ1) is 18.2. The van der Waals surface area contributed by atoms with Gasteiger partial charge in [0.15, 0.2) is 0 Å². The zero-order valence-corrected chi connectivity index (χ0v) is 15.7. The molecule has 2 aromatic rings. The van der Waals surface area contributed by atoms with Crippen molar-refractivity contribution < 1.29 is 9.59 Å². The van der Waals surface area contributed by atoms with Gasteiger partial charge in [0, 0.05) is 31.5 Å². The molecule has 2 heterocycles. The Labute approximate surface area is 154 Å². The maximum atomic E-state index is 12.5. The van der Waals surface area contributed by atoms with Crippen LogP contribution in [0.3, 0.4) is 0 Å². The third-order valence-corrected chi connectivity index (χ3v) is 4.99. The molecular weight excluding hydrogens is 328 g/mol. The topological polar surface area (TPSA) is 67.2 Å². The van der Waals surface area contributed by atoms with Gasteiger partial charge in [0.25, 0.3) is 0 Å². The number of aryl methyl sites for hydroxylation is 2. The highest BCUT2D eigenvalue weighted by Crippen LogP contribution is 2.28. The first-order valence-corrected chi connectivity index (χ1v) is 9.20. The molecule has 0 saturated carbocycles. The summed E-state index contributed by atoms with van der Waals surface area (Å²) in [4.78, 5) is 26.5. The van der Waals surface area contributed by atoms with Crippen LogP contribution in [0.5, 0.6) is 0 Å². The number of benzene rings is 1. The summed E-state index contributed by atoms with van der Waals surface area (Å²) in [6, 6.07) is 10.0. The molecule has 26 heavy (non-hydrogen) atoms. The van der Waals surface area contributed by atoms with Crippen LogP contribution < -0.4 is 5.32 Å². The molecule has 6 heteroatoms. The Balaban J connectivity index is 1.66. The van der Waals surface area contributed by atoms with Crippen LogP contribution in [0, 0.1) is 0 Å². The highest BCUT2D eigenvalue weighted by Gasteiger charge is 2.31. The predicted molar refractivity (Wildman–Crippen MR) is 101 cm³/mol. The number of nitrogens with zero attached hydrogens (tertiary/aromatic N) is 3. The summed E-state index contributed by atoms with van der Waals surface area (Å²) in [5.74, 6) is 0.753. The van der Waals surface area contributed by atoms with Crippen LogP contribution in [0.2, 0.25) is 0 Å². The summed E-state index contributed by atoms with van der Waals surface area (Å²) in [5, 5.41) is 7.43. The number of hydrogen-bond donors (Lipinski definition) is 1. The van der Waals surface area contributed by atoms with Gasteiger partial charge in [-0.2, -0.15) is 5.10 Å². The van der Waals surface area contributed by atoms with E-state index in [1.807, 2.05) is 37.4 Å². The maximum Gasteiger partial charge on any atom is 0.245 e. The van der Waals surface area contributed by atoms with Crippen molar-refractivity contribution in [2.45, 2.75) is 39.0 Å². The van der Waals surface area contributed by atoms with Gasteiger partial charge < -0.3 is 10.2 Å². The number of nitrogens with one attached hydrogen (secondary N) is 1. The van der Waals surface area contributed by atoms with Crippen molar-refractivity contribution in [3.8, 4) is 0 Å². The molecule has 2 amide bonds. The fourth-order valence-electron chi connectivity index (χ4n) is 3.65. The van der Waals surface area contributed by atoms with Crippen molar-refractivity contribution in [1.29, 1.82) is 0 Å². The lowest BCUT2D eigenvalue weighted by molar-refractivity contribution is -0.131. The molecule has 0 radical (unpaired) electrons. The lowest BCUT2D eigenvalue weighted by Crippen LogP contribution is -2.34. The van der Waals surface area contributed by atoms with E-state index in [-0.39, 0.29) is 24.3 Å². The van der Waals surface area contributed by atoms with E-state index in [0.29, 0.717) is 13.0 Å². The molecule has 138 valence electrons. The van der Waals surface area contributed by atoms with Crippen LogP contribution in [0.1, 0.15) is 43.0 Å². The molecule has 6 nitrogen and oxygen atoms in total. The van der Waals surface area contributed by atoms with Crippen molar-refractivity contribution >= 4 is 17.6 Å². The molecule has 1 aliphatic heterocycles. The zero-order valence-electron chi connectivity index (χ0n) is 15.7. The van der Waals surface area contributed by atoms with Gasteiger partial charge in [-0.15, -0.1) is 0 Å². The number of carbonyl (C=O) groups excluding carboxylic acids is 2. The van der Waals surface area contributed by atoms with Gasteiger partial charge in [-0.25, -0.2) is 0 Å². The molecule has 1 N–H and O–H groups in total. The molecule has 3 rings (SSSR count). The highest BCUT2D eigenvalue weighted by atomic mass is 16.2. The Hall–Kier alpha value is -2.63. The number of anilines is 1. The van der Waals surface area contributed by atoms with Crippen molar-refractivity contribution in [2.75, 3.05) is 18.4 Å². The Kier molecular flexibility index (Phi) is 5.40.